The molecule has 1 atom stereocenters. The number of nitrogens with zero attached hydrogens (tertiary/aromatic N) is 3. The molecule has 0 bridgehead atoms. The zero-order valence-electron chi connectivity index (χ0n) is 10.5. The van der Waals surface area contributed by atoms with Crippen molar-refractivity contribution in [1.29, 1.82) is 0 Å². The first kappa shape index (κ1) is 13.0. The molecule has 0 aliphatic rings. The van der Waals surface area contributed by atoms with Gasteiger partial charge in [0, 0.05) is 25.6 Å². The first-order chi connectivity index (χ1) is 7.69. The highest BCUT2D eigenvalue weighted by Crippen LogP contribution is 2.10. The molecule has 3 N–H and O–H groups in total. The van der Waals surface area contributed by atoms with Crippen LogP contribution in [0.4, 0.5) is 5.95 Å². The van der Waals surface area contributed by atoms with E-state index in [1.165, 1.54) is 0 Å². The van der Waals surface area contributed by atoms with E-state index in [0.29, 0.717) is 0 Å². The van der Waals surface area contributed by atoms with Crippen molar-refractivity contribution < 1.29 is 0 Å². The average molecular weight is 225 g/mol. The predicted molar refractivity (Wildman–Crippen MR) is 66.4 cm³/mol. The van der Waals surface area contributed by atoms with Gasteiger partial charge in [-0.05, 0) is 33.6 Å². The van der Waals surface area contributed by atoms with Gasteiger partial charge in [0.15, 0.2) is 0 Å². The van der Waals surface area contributed by atoms with E-state index in [-0.39, 0.29) is 6.04 Å². The Balaban J connectivity index is 2.58. The number of hydrogen-bond donors (Lipinski definition) is 2. The second-order valence-corrected chi connectivity index (χ2v) is 4.08. The molecule has 0 saturated heterocycles. The van der Waals surface area contributed by atoms with Crippen LogP contribution in [0.25, 0.3) is 0 Å². The number of nitrogens with one attached hydrogen (secondary N) is 1. The third-order valence-corrected chi connectivity index (χ3v) is 2.54. The number of anilines is 1. The Bertz CT molecular complexity index is 305. The molecule has 0 aliphatic heterocycles. The maximum Gasteiger partial charge on any atom is 0.224 e. The van der Waals surface area contributed by atoms with Crippen molar-refractivity contribution in [3.05, 3.63) is 5.82 Å². The Morgan fingerprint density at radius 2 is 2.12 bits per heavy atom. The van der Waals surface area contributed by atoms with Gasteiger partial charge in [0.25, 0.3) is 0 Å². The maximum absolute atomic E-state index is 5.72. The van der Waals surface area contributed by atoms with E-state index in [1.54, 1.807) is 0 Å². The lowest BCUT2D eigenvalue weighted by Gasteiger charge is -2.08. The number of rotatable bonds is 7. The van der Waals surface area contributed by atoms with Gasteiger partial charge in [0.1, 0.15) is 5.82 Å². The Morgan fingerprint density at radius 1 is 1.38 bits per heavy atom. The molecule has 1 aromatic rings. The van der Waals surface area contributed by atoms with Crippen LogP contribution >= 0.6 is 0 Å². The zero-order chi connectivity index (χ0) is 12.0. The molecule has 0 saturated carbocycles. The fourth-order valence-corrected chi connectivity index (χ4v) is 1.72. The molecule has 92 valence electrons. The monoisotopic (exact) mass is 225 g/mol. The molecule has 1 aromatic heterocycles. The van der Waals surface area contributed by atoms with Gasteiger partial charge in [-0.1, -0.05) is 0 Å². The van der Waals surface area contributed by atoms with E-state index < -0.39 is 0 Å². The Hall–Kier alpha value is -1.10. The smallest absolute Gasteiger partial charge is 0.224 e. The van der Waals surface area contributed by atoms with Crippen LogP contribution in [0.2, 0.25) is 0 Å². The SMILES string of the molecule is CCNc1nnc(CCCC(C)N)n1CC. The molecule has 0 fully saturated rings. The van der Waals surface area contributed by atoms with Gasteiger partial charge in [0.2, 0.25) is 5.95 Å². The van der Waals surface area contributed by atoms with E-state index in [1.807, 2.05) is 6.92 Å². The Labute approximate surface area is 97.4 Å². The molecule has 1 rings (SSSR count). The van der Waals surface area contributed by atoms with Gasteiger partial charge in [-0.25, -0.2) is 0 Å². The minimum atomic E-state index is 0.270. The van der Waals surface area contributed by atoms with Crippen LogP contribution in [0.1, 0.15) is 39.4 Å². The number of aromatic nitrogens is 3. The molecular formula is C11H23N5. The van der Waals surface area contributed by atoms with Gasteiger partial charge in [-0.3, -0.25) is 4.57 Å². The van der Waals surface area contributed by atoms with Crippen LogP contribution in [0, 0.1) is 0 Å². The van der Waals surface area contributed by atoms with E-state index in [0.717, 1.165) is 44.1 Å². The van der Waals surface area contributed by atoms with Crippen LogP contribution in [-0.4, -0.2) is 27.4 Å². The lowest BCUT2D eigenvalue weighted by atomic mass is 10.1. The molecular weight excluding hydrogens is 202 g/mol. The fourth-order valence-electron chi connectivity index (χ4n) is 1.72. The highest BCUT2D eigenvalue weighted by atomic mass is 15.3. The lowest BCUT2D eigenvalue weighted by molar-refractivity contribution is 0.595. The van der Waals surface area contributed by atoms with Crippen LogP contribution in [0.5, 0.6) is 0 Å². The fraction of sp³-hybridized carbons (Fsp3) is 0.818. The summed E-state index contributed by atoms with van der Waals surface area (Å²) < 4.78 is 2.13. The third-order valence-electron chi connectivity index (χ3n) is 2.54. The maximum atomic E-state index is 5.72. The second-order valence-electron chi connectivity index (χ2n) is 4.08. The molecule has 0 spiro atoms. The summed E-state index contributed by atoms with van der Waals surface area (Å²) in [6, 6.07) is 0.270. The van der Waals surface area contributed by atoms with Gasteiger partial charge in [-0.15, -0.1) is 10.2 Å². The average Bonchev–Trinajstić information content (AvgIpc) is 2.61. The highest BCUT2D eigenvalue weighted by molar-refractivity contribution is 5.25. The summed E-state index contributed by atoms with van der Waals surface area (Å²) in [4.78, 5) is 0. The minimum Gasteiger partial charge on any atom is -0.355 e. The van der Waals surface area contributed by atoms with Gasteiger partial charge in [0.05, 0.1) is 0 Å². The van der Waals surface area contributed by atoms with Crippen molar-refractivity contribution >= 4 is 5.95 Å². The largest absolute Gasteiger partial charge is 0.355 e. The summed E-state index contributed by atoms with van der Waals surface area (Å²) in [5.74, 6) is 1.93. The van der Waals surface area contributed by atoms with E-state index in [4.69, 9.17) is 5.73 Å². The van der Waals surface area contributed by atoms with Crippen molar-refractivity contribution in [2.24, 2.45) is 5.73 Å². The summed E-state index contributed by atoms with van der Waals surface area (Å²) in [6.45, 7) is 7.99. The number of hydrogen-bond acceptors (Lipinski definition) is 4. The van der Waals surface area contributed by atoms with E-state index >= 15 is 0 Å². The van der Waals surface area contributed by atoms with Crippen molar-refractivity contribution in [1.82, 2.24) is 14.8 Å². The molecule has 5 nitrogen and oxygen atoms in total. The molecule has 0 aliphatic carbocycles. The molecule has 0 aromatic carbocycles. The van der Waals surface area contributed by atoms with Gasteiger partial charge >= 0.3 is 0 Å². The third kappa shape index (κ3) is 3.48. The lowest BCUT2D eigenvalue weighted by Crippen LogP contribution is -2.15. The summed E-state index contributed by atoms with van der Waals surface area (Å²) in [7, 11) is 0. The first-order valence-electron chi connectivity index (χ1n) is 6.10. The van der Waals surface area contributed by atoms with Crippen molar-refractivity contribution in [2.75, 3.05) is 11.9 Å². The van der Waals surface area contributed by atoms with Crippen molar-refractivity contribution in [2.45, 2.75) is 52.6 Å². The normalized spacial score (nSPS) is 12.8. The molecule has 1 unspecified atom stereocenters. The molecule has 0 radical (unpaired) electrons. The molecule has 5 heteroatoms. The van der Waals surface area contributed by atoms with Crippen molar-refractivity contribution in [3.8, 4) is 0 Å². The number of aryl methyl sites for hydroxylation is 1. The summed E-state index contributed by atoms with van der Waals surface area (Å²) in [5, 5.41) is 11.6. The summed E-state index contributed by atoms with van der Waals surface area (Å²) in [6.07, 6.45) is 3.06. The molecule has 16 heavy (non-hydrogen) atoms. The van der Waals surface area contributed by atoms with Gasteiger partial charge < -0.3 is 11.1 Å². The van der Waals surface area contributed by atoms with Crippen LogP contribution in [0.3, 0.4) is 0 Å². The van der Waals surface area contributed by atoms with Crippen molar-refractivity contribution in [3.63, 3.8) is 0 Å². The highest BCUT2D eigenvalue weighted by Gasteiger charge is 2.09. The molecule has 1 heterocycles. The second kappa shape index (κ2) is 6.48. The van der Waals surface area contributed by atoms with Gasteiger partial charge in [-0.2, -0.15) is 0 Å². The summed E-state index contributed by atoms with van der Waals surface area (Å²) in [5.41, 5.74) is 5.72. The Morgan fingerprint density at radius 3 is 2.69 bits per heavy atom. The topological polar surface area (TPSA) is 68.8 Å². The van der Waals surface area contributed by atoms with Crippen LogP contribution in [0.15, 0.2) is 0 Å². The Kier molecular flexibility index (Phi) is 5.25. The van der Waals surface area contributed by atoms with E-state index in [9.17, 15) is 0 Å². The predicted octanol–water partition coefficient (Wildman–Crippen LogP) is 1.40. The quantitative estimate of drug-likeness (QED) is 0.736. The first-order valence-corrected chi connectivity index (χ1v) is 6.10. The van der Waals surface area contributed by atoms with Crippen LogP contribution < -0.4 is 11.1 Å². The standard InChI is InChI=1S/C11H23N5/c1-4-13-11-15-14-10(16(11)5-2)8-6-7-9(3)12/h9H,4-8,12H2,1-3H3,(H,13,15). The number of nitrogens with two attached hydrogens (primary N) is 1. The van der Waals surface area contributed by atoms with E-state index in [2.05, 4.69) is 33.9 Å². The summed E-state index contributed by atoms with van der Waals surface area (Å²) >= 11 is 0. The zero-order valence-corrected chi connectivity index (χ0v) is 10.5. The molecule has 0 amide bonds. The van der Waals surface area contributed by atoms with Crippen LogP contribution in [-0.2, 0) is 13.0 Å². The minimum absolute atomic E-state index is 0.270.